The molecular formula is C8H14Cl2N2O8. The van der Waals surface area contributed by atoms with Gasteiger partial charge >= 0.3 is 0 Å². The quantitative estimate of drug-likeness (QED) is 0.442. The number of nitrogens with one attached hydrogen (secondary N) is 2. The van der Waals surface area contributed by atoms with Gasteiger partial charge in [0.1, 0.15) is 0 Å². The molecule has 0 spiro atoms. The van der Waals surface area contributed by atoms with Gasteiger partial charge in [0.25, 0.3) is 0 Å². The van der Waals surface area contributed by atoms with Crippen LogP contribution in [0.25, 0.3) is 0 Å². The lowest BCUT2D eigenvalue weighted by Gasteiger charge is -2.17. The van der Waals surface area contributed by atoms with Crippen molar-refractivity contribution < 1.29 is 67.7 Å². The summed E-state index contributed by atoms with van der Waals surface area (Å²) >= 11 is 0. The summed E-state index contributed by atoms with van der Waals surface area (Å²) < 4.78 is 67.9. The molecule has 0 fully saturated rings. The molecule has 0 aromatic carbocycles. The van der Waals surface area contributed by atoms with Crippen molar-refractivity contribution in [3.05, 3.63) is 22.8 Å². The minimum Gasteiger partial charge on any atom is -0.222 e. The summed E-state index contributed by atoms with van der Waals surface area (Å²) in [6, 6.07) is 0. The molecule has 0 radical (unpaired) electrons. The first-order valence-electron chi connectivity index (χ1n) is 4.73. The summed E-state index contributed by atoms with van der Waals surface area (Å²) in [6.45, 7) is 8.27. The number of aromatic nitrogens is 2. The molecule has 118 valence electrons. The lowest BCUT2D eigenvalue weighted by Crippen LogP contribution is -2.68. The number of H-pyrrole nitrogens is 2. The molecule has 1 aromatic heterocycles. The highest BCUT2D eigenvalue weighted by molar-refractivity contribution is 4.99. The van der Waals surface area contributed by atoms with E-state index in [1.807, 2.05) is 0 Å². The third-order valence-corrected chi connectivity index (χ3v) is 1.88. The minimum absolute atomic E-state index is 1.21. The van der Waals surface area contributed by atoms with Gasteiger partial charge in [-0.25, -0.2) is 47.2 Å². The minimum atomic E-state index is -4.94. The average Bonchev–Trinajstić information content (AvgIpc) is 2.09. The Labute approximate surface area is 119 Å². The van der Waals surface area contributed by atoms with Gasteiger partial charge in [-0.15, -0.1) is 20.5 Å². The number of hydrogen-bond donors (Lipinski definition) is 0. The Hall–Kier alpha value is -0.660. The van der Waals surface area contributed by atoms with Crippen molar-refractivity contribution in [2.45, 2.75) is 27.7 Å². The van der Waals surface area contributed by atoms with Gasteiger partial charge in [-0.3, -0.25) is 0 Å². The maximum atomic E-state index is 8.49. The number of hydrogen-bond acceptors (Lipinski definition) is 8. The lowest BCUT2D eigenvalue weighted by molar-refractivity contribution is -2.00. The van der Waals surface area contributed by atoms with E-state index in [0.717, 1.165) is 0 Å². The van der Waals surface area contributed by atoms with Crippen molar-refractivity contribution in [1.82, 2.24) is 0 Å². The molecule has 0 aliphatic heterocycles. The van der Waals surface area contributed by atoms with Crippen LogP contribution in [0.2, 0.25) is 0 Å². The SMILES string of the molecule is Cc1[nH+]c(C)c(C)[nH+]c1C.[O-][Cl+3]([O-])([O-])[O-].[O-][Cl+3]([O-])([O-])[O-]. The van der Waals surface area contributed by atoms with E-state index in [1.54, 1.807) is 0 Å². The highest BCUT2D eigenvalue weighted by Gasteiger charge is 2.12. The van der Waals surface area contributed by atoms with E-state index < -0.39 is 20.5 Å². The van der Waals surface area contributed by atoms with Gasteiger partial charge in [-0.05, 0) is 0 Å². The summed E-state index contributed by atoms with van der Waals surface area (Å²) in [5, 5.41) is 0. The van der Waals surface area contributed by atoms with Crippen LogP contribution in [0, 0.1) is 48.2 Å². The van der Waals surface area contributed by atoms with Crippen LogP contribution in [0.1, 0.15) is 22.8 Å². The van der Waals surface area contributed by atoms with Crippen molar-refractivity contribution in [2.75, 3.05) is 0 Å². The second-order valence-corrected chi connectivity index (χ2v) is 5.02. The highest BCUT2D eigenvalue weighted by atomic mass is 35.7. The first-order valence-corrected chi connectivity index (χ1v) is 7.20. The van der Waals surface area contributed by atoms with Gasteiger partial charge in [-0.1, -0.05) is 0 Å². The van der Waals surface area contributed by atoms with Gasteiger partial charge < -0.3 is 0 Å². The van der Waals surface area contributed by atoms with E-state index in [1.165, 1.54) is 22.8 Å². The molecule has 2 N–H and O–H groups in total. The van der Waals surface area contributed by atoms with Crippen molar-refractivity contribution >= 4 is 0 Å². The molecule has 0 saturated carbocycles. The van der Waals surface area contributed by atoms with E-state index in [0.29, 0.717) is 0 Å². The molecular weight excluding hydrogens is 323 g/mol. The standard InChI is InChI=1S/C8H12N2.2ClHO4/c1-5-6(2)10-8(4)7(3)9-5;2*2-1(3,4)5/h1-4H3;2*(H,2,3,4,5). The molecule has 0 aliphatic rings. The highest BCUT2D eigenvalue weighted by Crippen LogP contribution is 1.94. The molecule has 1 aromatic rings. The molecule has 20 heavy (non-hydrogen) atoms. The van der Waals surface area contributed by atoms with E-state index in [9.17, 15) is 0 Å². The van der Waals surface area contributed by atoms with Gasteiger partial charge in [-0.2, -0.15) is 0 Å². The second kappa shape index (κ2) is 8.59. The monoisotopic (exact) mass is 336 g/mol. The molecule has 0 amide bonds. The number of aromatic amines is 2. The Bertz CT molecular complexity index is 344. The Morgan fingerprint density at radius 2 is 0.600 bits per heavy atom. The molecule has 0 atom stereocenters. The first kappa shape index (κ1) is 21.6. The van der Waals surface area contributed by atoms with E-state index in [2.05, 4.69) is 37.7 Å². The molecule has 0 unspecified atom stereocenters. The zero-order valence-electron chi connectivity index (χ0n) is 11.0. The van der Waals surface area contributed by atoms with Gasteiger partial charge in [0.15, 0.2) is 0 Å². The van der Waals surface area contributed by atoms with Gasteiger partial charge in [0, 0.05) is 27.7 Å². The van der Waals surface area contributed by atoms with Crippen molar-refractivity contribution in [2.24, 2.45) is 0 Å². The van der Waals surface area contributed by atoms with Crippen LogP contribution < -0.4 is 47.2 Å². The molecule has 1 heterocycles. The predicted octanol–water partition coefficient (Wildman–Crippen LogP) is -8.96. The normalized spacial score (nSPS) is 11.0. The fourth-order valence-corrected chi connectivity index (χ4v) is 0.938. The van der Waals surface area contributed by atoms with Crippen molar-refractivity contribution in [3.63, 3.8) is 0 Å². The van der Waals surface area contributed by atoms with Crippen molar-refractivity contribution in [3.8, 4) is 0 Å². The Balaban J connectivity index is 0. The van der Waals surface area contributed by atoms with Crippen LogP contribution in [-0.2, 0) is 0 Å². The molecule has 0 bridgehead atoms. The summed E-state index contributed by atoms with van der Waals surface area (Å²) in [4.78, 5) is 6.55. The van der Waals surface area contributed by atoms with Crippen LogP contribution in [0.3, 0.4) is 0 Å². The molecule has 0 saturated heterocycles. The Morgan fingerprint density at radius 3 is 0.700 bits per heavy atom. The number of aryl methyl sites for hydroxylation is 4. The third kappa shape index (κ3) is 19.7. The summed E-state index contributed by atoms with van der Waals surface area (Å²) in [5.74, 6) is 0. The van der Waals surface area contributed by atoms with Crippen LogP contribution in [-0.4, -0.2) is 0 Å². The van der Waals surface area contributed by atoms with Crippen molar-refractivity contribution in [1.29, 1.82) is 0 Å². The second-order valence-electron chi connectivity index (χ2n) is 3.51. The van der Waals surface area contributed by atoms with E-state index in [4.69, 9.17) is 37.3 Å². The summed E-state index contributed by atoms with van der Waals surface area (Å²) in [6.07, 6.45) is 0. The smallest absolute Gasteiger partial charge is 0.222 e. The fraction of sp³-hybridized carbons (Fsp3) is 0.500. The van der Waals surface area contributed by atoms with Gasteiger partial charge in [0.05, 0.1) is 0 Å². The zero-order chi connectivity index (χ0) is 16.7. The molecule has 1 rings (SSSR count). The van der Waals surface area contributed by atoms with Crippen LogP contribution in [0.15, 0.2) is 0 Å². The molecule has 12 heteroatoms. The largest absolute Gasteiger partial charge is 0.243 e. The van der Waals surface area contributed by atoms with E-state index >= 15 is 0 Å². The fourth-order valence-electron chi connectivity index (χ4n) is 0.938. The maximum absolute atomic E-state index is 8.49. The van der Waals surface area contributed by atoms with Crippen LogP contribution in [0.5, 0.6) is 0 Å². The predicted molar refractivity (Wildman–Crippen MR) is 38.5 cm³/mol. The first-order chi connectivity index (χ1) is 8.61. The third-order valence-electron chi connectivity index (χ3n) is 1.88. The number of halogens is 2. The maximum Gasteiger partial charge on any atom is 0.243 e. The summed E-state index contributed by atoms with van der Waals surface area (Å²) in [7, 11) is -9.89. The lowest BCUT2D eigenvalue weighted by atomic mass is 10.3. The Kier molecular flexibility index (Phi) is 9.29. The van der Waals surface area contributed by atoms with Crippen LogP contribution in [0.4, 0.5) is 0 Å². The van der Waals surface area contributed by atoms with Crippen LogP contribution >= 0.6 is 0 Å². The van der Waals surface area contributed by atoms with Gasteiger partial charge in [0.2, 0.25) is 22.8 Å². The average molecular weight is 337 g/mol. The number of rotatable bonds is 0. The molecule has 0 aliphatic carbocycles. The zero-order valence-corrected chi connectivity index (χ0v) is 12.5. The van der Waals surface area contributed by atoms with E-state index in [-0.39, 0.29) is 0 Å². The summed E-state index contributed by atoms with van der Waals surface area (Å²) in [5.41, 5.74) is 4.84. The molecule has 10 nitrogen and oxygen atoms in total. The topological polar surface area (TPSA) is 213 Å². The Morgan fingerprint density at radius 1 is 0.500 bits per heavy atom.